The molecule has 1 aliphatic carbocycles. The van der Waals surface area contributed by atoms with Crippen LogP contribution in [0.15, 0.2) is 24.3 Å². The van der Waals surface area contributed by atoms with Crippen molar-refractivity contribution in [1.29, 1.82) is 0 Å². The van der Waals surface area contributed by atoms with Crippen molar-refractivity contribution >= 4 is 0 Å². The smallest absolute Gasteiger partial charge is 0.158 e. The quantitative estimate of drug-likeness (QED) is 0.777. The molecule has 0 aromatic rings. The standard InChI is InChI=1S/C16H26O2/c1-9(2)8-13-14-11(5)6-7-12(10(3)4)15(14)16(17)18-13/h10,12-17H,1,5-8H2,2-4H3/t12-,13-,14-,15-,16-/m0/s1. The minimum Gasteiger partial charge on any atom is -0.368 e. The Labute approximate surface area is 111 Å². The van der Waals surface area contributed by atoms with Gasteiger partial charge in [-0.15, -0.1) is 6.58 Å². The van der Waals surface area contributed by atoms with Gasteiger partial charge >= 0.3 is 0 Å². The minimum atomic E-state index is -0.621. The third-order valence-corrected chi connectivity index (χ3v) is 4.63. The van der Waals surface area contributed by atoms with Crippen LogP contribution in [-0.2, 0) is 4.74 Å². The maximum atomic E-state index is 10.3. The lowest BCUT2D eigenvalue weighted by atomic mass is 9.65. The minimum absolute atomic E-state index is 0.0801. The van der Waals surface area contributed by atoms with Crippen molar-refractivity contribution in [3.8, 4) is 0 Å². The fourth-order valence-corrected chi connectivity index (χ4v) is 3.80. The van der Waals surface area contributed by atoms with Crippen molar-refractivity contribution in [2.45, 2.75) is 52.4 Å². The molecule has 1 N–H and O–H groups in total. The van der Waals surface area contributed by atoms with Crippen LogP contribution in [0, 0.1) is 23.7 Å². The van der Waals surface area contributed by atoms with Gasteiger partial charge in [-0.2, -0.15) is 0 Å². The molecule has 0 spiro atoms. The first-order valence-corrected chi connectivity index (χ1v) is 7.07. The average molecular weight is 250 g/mol. The molecular weight excluding hydrogens is 224 g/mol. The molecule has 0 amide bonds. The summed E-state index contributed by atoms with van der Waals surface area (Å²) in [6.45, 7) is 14.7. The van der Waals surface area contributed by atoms with Crippen molar-refractivity contribution in [3.63, 3.8) is 0 Å². The Kier molecular flexibility index (Phi) is 3.98. The van der Waals surface area contributed by atoms with Crippen LogP contribution in [0.1, 0.15) is 40.0 Å². The second kappa shape index (κ2) is 5.18. The normalized spacial score (nSPS) is 40.1. The molecule has 0 aromatic carbocycles. The Morgan fingerprint density at radius 2 is 2.17 bits per heavy atom. The molecule has 102 valence electrons. The number of aliphatic hydroxyl groups excluding tert-OH is 1. The summed E-state index contributed by atoms with van der Waals surface area (Å²) in [5.74, 6) is 1.69. The summed E-state index contributed by atoms with van der Waals surface area (Å²) in [7, 11) is 0. The first-order valence-electron chi connectivity index (χ1n) is 7.07. The predicted molar refractivity (Wildman–Crippen MR) is 74.0 cm³/mol. The molecule has 0 radical (unpaired) electrons. The van der Waals surface area contributed by atoms with Gasteiger partial charge in [-0.25, -0.2) is 0 Å². The second-order valence-electron chi connectivity index (χ2n) is 6.43. The van der Waals surface area contributed by atoms with Gasteiger partial charge in [-0.1, -0.05) is 31.6 Å². The molecule has 1 heterocycles. The van der Waals surface area contributed by atoms with Crippen molar-refractivity contribution in [2.75, 3.05) is 0 Å². The van der Waals surface area contributed by atoms with Crippen LogP contribution in [0.3, 0.4) is 0 Å². The zero-order valence-electron chi connectivity index (χ0n) is 11.9. The van der Waals surface area contributed by atoms with Gasteiger partial charge in [0.1, 0.15) is 0 Å². The van der Waals surface area contributed by atoms with Gasteiger partial charge in [-0.3, -0.25) is 0 Å². The molecule has 2 aliphatic rings. The van der Waals surface area contributed by atoms with Gasteiger partial charge in [0, 0.05) is 11.8 Å². The number of hydrogen-bond donors (Lipinski definition) is 1. The van der Waals surface area contributed by atoms with Crippen molar-refractivity contribution in [3.05, 3.63) is 24.3 Å². The molecule has 2 fully saturated rings. The molecule has 18 heavy (non-hydrogen) atoms. The SMILES string of the molecule is C=C(C)C[C@@H]1O[C@H](O)[C@@H]2[C@H]1C(=C)CC[C@H]2C(C)C. The van der Waals surface area contributed by atoms with Crippen molar-refractivity contribution < 1.29 is 9.84 Å². The van der Waals surface area contributed by atoms with Gasteiger partial charge in [-0.05, 0) is 38.0 Å². The summed E-state index contributed by atoms with van der Waals surface area (Å²) >= 11 is 0. The van der Waals surface area contributed by atoms with E-state index < -0.39 is 6.29 Å². The lowest BCUT2D eigenvalue weighted by Gasteiger charge is -2.39. The molecule has 1 saturated heterocycles. The summed E-state index contributed by atoms with van der Waals surface area (Å²) in [6.07, 6.45) is 2.51. The van der Waals surface area contributed by atoms with Crippen LogP contribution >= 0.6 is 0 Å². The lowest BCUT2D eigenvalue weighted by Crippen LogP contribution is -2.37. The summed E-state index contributed by atoms with van der Waals surface area (Å²) < 4.78 is 5.80. The van der Waals surface area contributed by atoms with E-state index in [4.69, 9.17) is 4.74 Å². The Hall–Kier alpha value is -0.600. The summed E-state index contributed by atoms with van der Waals surface area (Å²) in [6, 6.07) is 0. The molecule has 2 rings (SSSR count). The largest absolute Gasteiger partial charge is 0.368 e. The van der Waals surface area contributed by atoms with E-state index in [1.165, 1.54) is 5.57 Å². The van der Waals surface area contributed by atoms with Gasteiger partial charge in [0.05, 0.1) is 6.10 Å². The van der Waals surface area contributed by atoms with Crippen LogP contribution < -0.4 is 0 Å². The molecule has 5 atom stereocenters. The molecule has 1 aliphatic heterocycles. The van der Waals surface area contributed by atoms with Gasteiger partial charge < -0.3 is 9.84 Å². The van der Waals surface area contributed by atoms with Gasteiger partial charge in [0.25, 0.3) is 0 Å². The first kappa shape index (κ1) is 13.8. The fourth-order valence-electron chi connectivity index (χ4n) is 3.80. The zero-order valence-corrected chi connectivity index (χ0v) is 11.9. The van der Waals surface area contributed by atoms with Crippen LogP contribution in [0.5, 0.6) is 0 Å². The van der Waals surface area contributed by atoms with E-state index in [0.717, 1.165) is 24.8 Å². The number of fused-ring (bicyclic) bond motifs is 1. The van der Waals surface area contributed by atoms with E-state index in [9.17, 15) is 5.11 Å². The van der Waals surface area contributed by atoms with Crippen molar-refractivity contribution in [1.82, 2.24) is 0 Å². The van der Waals surface area contributed by atoms with Crippen LogP contribution in [0.2, 0.25) is 0 Å². The Bertz CT molecular complexity index is 345. The Morgan fingerprint density at radius 3 is 2.72 bits per heavy atom. The van der Waals surface area contributed by atoms with E-state index in [0.29, 0.717) is 17.8 Å². The highest BCUT2D eigenvalue weighted by molar-refractivity contribution is 5.15. The molecule has 2 heteroatoms. The zero-order chi connectivity index (χ0) is 13.4. The predicted octanol–water partition coefficient (Wildman–Crippen LogP) is 3.52. The third-order valence-electron chi connectivity index (χ3n) is 4.63. The van der Waals surface area contributed by atoms with Crippen molar-refractivity contribution in [2.24, 2.45) is 23.7 Å². The molecule has 0 aromatic heterocycles. The van der Waals surface area contributed by atoms with Crippen LogP contribution in [-0.4, -0.2) is 17.5 Å². The van der Waals surface area contributed by atoms with E-state index in [1.54, 1.807) is 0 Å². The Balaban J connectivity index is 2.22. The fraction of sp³-hybridized carbons (Fsp3) is 0.750. The number of hydrogen-bond acceptors (Lipinski definition) is 2. The third kappa shape index (κ3) is 2.41. The highest BCUT2D eigenvalue weighted by atomic mass is 16.6. The second-order valence-corrected chi connectivity index (χ2v) is 6.43. The maximum Gasteiger partial charge on any atom is 0.158 e. The van der Waals surface area contributed by atoms with Crippen LogP contribution in [0.25, 0.3) is 0 Å². The molecule has 0 bridgehead atoms. The maximum absolute atomic E-state index is 10.3. The summed E-state index contributed by atoms with van der Waals surface area (Å²) in [5, 5.41) is 10.3. The number of ether oxygens (including phenoxy) is 1. The van der Waals surface area contributed by atoms with Gasteiger partial charge in [0.15, 0.2) is 6.29 Å². The number of aliphatic hydroxyl groups is 1. The molecular formula is C16H26O2. The van der Waals surface area contributed by atoms with E-state index in [2.05, 4.69) is 27.0 Å². The van der Waals surface area contributed by atoms with E-state index in [-0.39, 0.29) is 12.0 Å². The first-order chi connectivity index (χ1) is 8.41. The Morgan fingerprint density at radius 1 is 1.50 bits per heavy atom. The average Bonchev–Trinajstić information content (AvgIpc) is 2.56. The monoisotopic (exact) mass is 250 g/mol. The summed E-state index contributed by atoms with van der Waals surface area (Å²) in [5.41, 5.74) is 2.38. The highest BCUT2D eigenvalue weighted by Crippen LogP contribution is 2.50. The highest BCUT2D eigenvalue weighted by Gasteiger charge is 2.50. The van der Waals surface area contributed by atoms with Crippen LogP contribution in [0.4, 0.5) is 0 Å². The molecule has 1 saturated carbocycles. The lowest BCUT2D eigenvalue weighted by molar-refractivity contribution is -0.118. The summed E-state index contributed by atoms with van der Waals surface area (Å²) in [4.78, 5) is 0. The topological polar surface area (TPSA) is 29.5 Å². The van der Waals surface area contributed by atoms with E-state index >= 15 is 0 Å². The molecule has 0 unspecified atom stereocenters. The van der Waals surface area contributed by atoms with Gasteiger partial charge in [0.2, 0.25) is 0 Å². The van der Waals surface area contributed by atoms with E-state index in [1.807, 2.05) is 6.92 Å². The number of rotatable bonds is 3. The molecule has 2 nitrogen and oxygen atoms in total.